The van der Waals surface area contributed by atoms with Gasteiger partial charge >= 0.3 is 0 Å². The van der Waals surface area contributed by atoms with Gasteiger partial charge in [-0.1, -0.05) is 18.2 Å². The van der Waals surface area contributed by atoms with Crippen LogP contribution in [0.5, 0.6) is 0 Å². The summed E-state index contributed by atoms with van der Waals surface area (Å²) in [5.41, 5.74) is -0.133. The molecule has 6 heteroatoms. The molecule has 0 saturated carbocycles. The Morgan fingerprint density at radius 3 is 2.45 bits per heavy atom. The Balaban J connectivity index is 1.90. The zero-order chi connectivity index (χ0) is 16.0. The number of fused-ring (bicyclic) bond motifs is 1. The molecule has 1 atom stereocenters. The van der Waals surface area contributed by atoms with Crippen molar-refractivity contribution in [3.05, 3.63) is 30.3 Å². The van der Waals surface area contributed by atoms with E-state index in [0.717, 1.165) is 19.6 Å². The zero-order valence-electron chi connectivity index (χ0n) is 13.6. The van der Waals surface area contributed by atoms with E-state index in [0.29, 0.717) is 18.0 Å². The summed E-state index contributed by atoms with van der Waals surface area (Å²) >= 11 is 0. The van der Waals surface area contributed by atoms with Crippen LogP contribution in [-0.2, 0) is 10.0 Å². The number of hydrogen-bond acceptors (Lipinski definition) is 4. The molecule has 0 aliphatic carbocycles. The fraction of sp³-hybridized carbons (Fsp3) is 0.625. The molecule has 2 aliphatic heterocycles. The number of benzene rings is 1. The molecule has 0 aromatic heterocycles. The third kappa shape index (κ3) is 2.80. The second kappa shape index (κ2) is 5.60. The molecule has 2 heterocycles. The van der Waals surface area contributed by atoms with Crippen molar-refractivity contribution in [2.45, 2.75) is 30.3 Å². The Bertz CT molecular complexity index is 630. The third-order valence-corrected chi connectivity index (χ3v) is 6.65. The number of nitrogens with zero attached hydrogens (tertiary/aromatic N) is 3. The van der Waals surface area contributed by atoms with Crippen LogP contribution in [0.3, 0.4) is 0 Å². The molecule has 0 amide bonds. The molecule has 1 unspecified atom stereocenters. The van der Waals surface area contributed by atoms with Crippen LogP contribution < -0.4 is 0 Å². The van der Waals surface area contributed by atoms with Crippen LogP contribution >= 0.6 is 0 Å². The van der Waals surface area contributed by atoms with Gasteiger partial charge < -0.3 is 4.90 Å². The summed E-state index contributed by atoms with van der Waals surface area (Å²) in [5.74, 6) is 0. The summed E-state index contributed by atoms with van der Waals surface area (Å²) < 4.78 is 27.5. The van der Waals surface area contributed by atoms with Gasteiger partial charge in [-0.05, 0) is 33.0 Å². The molecule has 0 N–H and O–H groups in total. The number of hydrogen-bond donors (Lipinski definition) is 0. The maximum Gasteiger partial charge on any atom is 0.243 e. The van der Waals surface area contributed by atoms with Crippen molar-refractivity contribution in [2.75, 3.05) is 39.8 Å². The minimum absolute atomic E-state index is 0.133. The summed E-state index contributed by atoms with van der Waals surface area (Å²) in [6.45, 7) is 8.40. The fourth-order valence-electron chi connectivity index (χ4n) is 3.71. The van der Waals surface area contributed by atoms with Gasteiger partial charge in [0.15, 0.2) is 0 Å². The first-order valence-electron chi connectivity index (χ1n) is 7.81. The van der Waals surface area contributed by atoms with E-state index in [1.807, 2.05) is 6.07 Å². The van der Waals surface area contributed by atoms with Crippen LogP contribution in [0.15, 0.2) is 35.2 Å². The molecule has 2 fully saturated rings. The molecule has 2 saturated heterocycles. The van der Waals surface area contributed by atoms with Crippen molar-refractivity contribution >= 4 is 10.0 Å². The average Bonchev–Trinajstić information content (AvgIpc) is 2.46. The van der Waals surface area contributed by atoms with Crippen molar-refractivity contribution in [3.8, 4) is 0 Å². The molecular formula is C16H25N3O2S. The highest BCUT2D eigenvalue weighted by atomic mass is 32.2. The number of rotatable bonds is 2. The quantitative estimate of drug-likeness (QED) is 0.817. The monoisotopic (exact) mass is 323 g/mol. The van der Waals surface area contributed by atoms with E-state index < -0.39 is 10.0 Å². The molecule has 5 nitrogen and oxygen atoms in total. The van der Waals surface area contributed by atoms with Gasteiger partial charge in [0.1, 0.15) is 0 Å². The first-order chi connectivity index (χ1) is 10.3. The van der Waals surface area contributed by atoms with Crippen LogP contribution in [0, 0.1) is 0 Å². The minimum atomic E-state index is -3.41. The van der Waals surface area contributed by atoms with Gasteiger partial charge in [0.05, 0.1) is 4.90 Å². The van der Waals surface area contributed by atoms with Crippen molar-refractivity contribution in [1.82, 2.24) is 14.1 Å². The minimum Gasteiger partial charge on any atom is -0.303 e. The molecule has 0 spiro atoms. The highest BCUT2D eigenvalue weighted by molar-refractivity contribution is 7.89. The zero-order valence-corrected chi connectivity index (χ0v) is 14.4. The fourth-order valence-corrected chi connectivity index (χ4v) is 5.36. The van der Waals surface area contributed by atoms with Crippen molar-refractivity contribution in [1.29, 1.82) is 0 Å². The predicted octanol–water partition coefficient (Wildman–Crippen LogP) is 1.09. The van der Waals surface area contributed by atoms with Crippen molar-refractivity contribution in [3.63, 3.8) is 0 Å². The van der Waals surface area contributed by atoms with E-state index in [2.05, 4.69) is 30.7 Å². The highest BCUT2D eigenvalue weighted by Crippen LogP contribution is 2.30. The van der Waals surface area contributed by atoms with Crippen molar-refractivity contribution < 1.29 is 8.42 Å². The van der Waals surface area contributed by atoms with Crippen LogP contribution in [0.25, 0.3) is 0 Å². The van der Waals surface area contributed by atoms with E-state index >= 15 is 0 Å². The molecule has 0 bridgehead atoms. The molecule has 3 rings (SSSR count). The maximum atomic E-state index is 12.9. The lowest BCUT2D eigenvalue weighted by Crippen LogP contribution is -2.69. The van der Waals surface area contributed by atoms with Gasteiger partial charge in [-0.25, -0.2) is 8.42 Å². The van der Waals surface area contributed by atoms with Gasteiger partial charge in [0.25, 0.3) is 0 Å². The Morgan fingerprint density at radius 2 is 1.77 bits per heavy atom. The van der Waals surface area contributed by atoms with Gasteiger partial charge in [0, 0.05) is 44.3 Å². The van der Waals surface area contributed by atoms with Crippen LogP contribution in [0.2, 0.25) is 0 Å². The largest absolute Gasteiger partial charge is 0.303 e. The first kappa shape index (κ1) is 15.9. The second-order valence-corrected chi connectivity index (χ2v) is 8.97. The Hall–Kier alpha value is -0.950. The average molecular weight is 323 g/mol. The summed E-state index contributed by atoms with van der Waals surface area (Å²) in [7, 11) is -1.31. The SMILES string of the molecule is CN1CCN2C(C1)CN(S(=O)(=O)c1ccccc1)CC2(C)C. The van der Waals surface area contributed by atoms with Crippen LogP contribution in [-0.4, -0.2) is 73.9 Å². The van der Waals surface area contributed by atoms with Gasteiger partial charge in [-0.2, -0.15) is 4.31 Å². The lowest BCUT2D eigenvalue weighted by atomic mass is 9.94. The van der Waals surface area contributed by atoms with Crippen molar-refractivity contribution in [2.24, 2.45) is 0 Å². The van der Waals surface area contributed by atoms with Crippen LogP contribution in [0.4, 0.5) is 0 Å². The molecule has 2 aliphatic rings. The molecule has 22 heavy (non-hydrogen) atoms. The van der Waals surface area contributed by atoms with Gasteiger partial charge in [0.2, 0.25) is 10.0 Å². The van der Waals surface area contributed by atoms with E-state index in [9.17, 15) is 8.42 Å². The summed E-state index contributed by atoms with van der Waals surface area (Å²) in [4.78, 5) is 5.16. The van der Waals surface area contributed by atoms with Gasteiger partial charge in [-0.3, -0.25) is 4.90 Å². The third-order valence-electron chi connectivity index (χ3n) is 4.82. The second-order valence-electron chi connectivity index (χ2n) is 7.03. The Kier molecular flexibility index (Phi) is 4.05. The smallest absolute Gasteiger partial charge is 0.243 e. The highest BCUT2D eigenvalue weighted by Gasteiger charge is 2.45. The summed E-state index contributed by atoms with van der Waals surface area (Å²) in [5, 5.41) is 0. The Labute approximate surface area is 133 Å². The van der Waals surface area contributed by atoms with E-state index in [4.69, 9.17) is 0 Å². The topological polar surface area (TPSA) is 43.9 Å². The van der Waals surface area contributed by atoms with E-state index in [-0.39, 0.29) is 11.6 Å². The molecular weight excluding hydrogens is 298 g/mol. The van der Waals surface area contributed by atoms with E-state index in [1.54, 1.807) is 28.6 Å². The lowest BCUT2D eigenvalue weighted by Gasteiger charge is -2.54. The normalized spacial score (nSPS) is 27.5. The number of piperazine rings is 2. The van der Waals surface area contributed by atoms with Gasteiger partial charge in [-0.15, -0.1) is 0 Å². The van der Waals surface area contributed by atoms with Crippen LogP contribution in [0.1, 0.15) is 13.8 Å². The molecule has 1 aromatic carbocycles. The first-order valence-corrected chi connectivity index (χ1v) is 9.25. The summed E-state index contributed by atoms with van der Waals surface area (Å²) in [6.07, 6.45) is 0. The standard InChI is InChI=1S/C16H25N3O2S/c1-16(2)13-18(12-14-11-17(3)9-10-19(14)16)22(20,21)15-7-5-4-6-8-15/h4-8,14H,9-13H2,1-3H3. The summed E-state index contributed by atoms with van der Waals surface area (Å²) in [6, 6.07) is 9.03. The molecule has 0 radical (unpaired) electrons. The lowest BCUT2D eigenvalue weighted by molar-refractivity contribution is -0.0374. The Morgan fingerprint density at radius 1 is 1.09 bits per heavy atom. The molecule has 122 valence electrons. The number of likely N-dealkylation sites (N-methyl/N-ethyl adjacent to an activating group) is 1. The maximum absolute atomic E-state index is 12.9. The predicted molar refractivity (Wildman–Crippen MR) is 87.3 cm³/mol. The van der Waals surface area contributed by atoms with E-state index in [1.165, 1.54) is 0 Å². The molecule has 1 aromatic rings. The number of sulfonamides is 1.